The van der Waals surface area contributed by atoms with Crippen molar-refractivity contribution >= 4 is 5.91 Å². The third kappa shape index (κ3) is 4.25. The normalized spacial score (nSPS) is 12.5. The molecule has 0 bridgehead atoms. The summed E-state index contributed by atoms with van der Waals surface area (Å²) in [7, 11) is 3.55. The molecule has 1 heterocycles. The molecule has 0 unspecified atom stereocenters. The molecule has 1 atom stereocenters. The zero-order chi connectivity index (χ0) is 20.3. The van der Waals surface area contributed by atoms with Crippen molar-refractivity contribution in [3.8, 4) is 5.75 Å². The van der Waals surface area contributed by atoms with Crippen molar-refractivity contribution in [2.75, 3.05) is 7.11 Å². The summed E-state index contributed by atoms with van der Waals surface area (Å²) in [6, 6.07) is 15.1. The van der Waals surface area contributed by atoms with Crippen molar-refractivity contribution in [2.24, 2.45) is 7.05 Å². The molecule has 1 N–H and O–H groups in total. The number of hydrogen-bond acceptors (Lipinski definition) is 3. The average Bonchev–Trinajstić information content (AvgIpc) is 3.11. The van der Waals surface area contributed by atoms with Crippen LogP contribution in [0.1, 0.15) is 54.1 Å². The number of imidazole rings is 1. The molecule has 5 heteroatoms. The highest BCUT2D eigenvalue weighted by Crippen LogP contribution is 2.25. The Balaban J connectivity index is 1.89. The van der Waals surface area contributed by atoms with Gasteiger partial charge in [0.05, 0.1) is 7.11 Å². The Bertz CT molecular complexity index is 935. The van der Waals surface area contributed by atoms with Crippen LogP contribution in [0.3, 0.4) is 0 Å². The highest BCUT2D eigenvalue weighted by atomic mass is 16.5. The summed E-state index contributed by atoms with van der Waals surface area (Å²) >= 11 is 0. The van der Waals surface area contributed by atoms with Gasteiger partial charge in [-0.1, -0.05) is 45.0 Å². The minimum Gasteiger partial charge on any atom is -0.497 e. The molecule has 0 saturated heterocycles. The number of carbonyl (C=O) groups excluding carboxylic acids is 1. The van der Waals surface area contributed by atoms with Crippen molar-refractivity contribution in [2.45, 2.75) is 32.2 Å². The molecule has 0 aliphatic rings. The Hall–Kier alpha value is -3.08. The second-order valence-electron chi connectivity index (χ2n) is 7.90. The molecule has 0 fully saturated rings. The maximum atomic E-state index is 12.9. The summed E-state index contributed by atoms with van der Waals surface area (Å²) in [4.78, 5) is 17.4. The Morgan fingerprint density at radius 3 is 2.21 bits per heavy atom. The zero-order valence-electron chi connectivity index (χ0n) is 17.1. The lowest BCUT2D eigenvalue weighted by Crippen LogP contribution is -2.31. The molecule has 1 amide bonds. The quantitative estimate of drug-likeness (QED) is 0.723. The van der Waals surface area contributed by atoms with Crippen LogP contribution in [0.15, 0.2) is 60.9 Å². The molecule has 3 aromatic rings. The lowest BCUT2D eigenvalue weighted by molar-refractivity contribution is 0.0941. The number of nitrogens with zero attached hydrogens (tertiary/aromatic N) is 2. The fraction of sp³-hybridized carbons (Fsp3) is 0.304. The van der Waals surface area contributed by atoms with Gasteiger partial charge in [0, 0.05) is 25.0 Å². The van der Waals surface area contributed by atoms with Gasteiger partial charge in [-0.05, 0) is 40.8 Å². The van der Waals surface area contributed by atoms with E-state index < -0.39 is 0 Å². The van der Waals surface area contributed by atoms with Crippen molar-refractivity contribution in [3.05, 3.63) is 83.4 Å². The first-order valence-corrected chi connectivity index (χ1v) is 9.32. The Morgan fingerprint density at radius 2 is 1.71 bits per heavy atom. The van der Waals surface area contributed by atoms with Gasteiger partial charge in [-0.2, -0.15) is 0 Å². The first kappa shape index (κ1) is 19.7. The Morgan fingerprint density at radius 1 is 1.07 bits per heavy atom. The van der Waals surface area contributed by atoms with Gasteiger partial charge < -0.3 is 14.6 Å². The molecule has 0 saturated carbocycles. The van der Waals surface area contributed by atoms with Gasteiger partial charge in [0.25, 0.3) is 5.91 Å². The van der Waals surface area contributed by atoms with Crippen LogP contribution < -0.4 is 10.1 Å². The summed E-state index contributed by atoms with van der Waals surface area (Å²) in [5.41, 5.74) is 2.81. The third-order valence-corrected chi connectivity index (χ3v) is 4.85. The van der Waals surface area contributed by atoms with E-state index in [0.29, 0.717) is 5.56 Å². The first-order valence-electron chi connectivity index (χ1n) is 9.32. The predicted molar refractivity (Wildman–Crippen MR) is 111 cm³/mol. The highest BCUT2D eigenvalue weighted by molar-refractivity contribution is 5.94. The topological polar surface area (TPSA) is 56.1 Å². The summed E-state index contributed by atoms with van der Waals surface area (Å²) in [5, 5.41) is 3.13. The fourth-order valence-corrected chi connectivity index (χ4v) is 3.08. The lowest BCUT2D eigenvalue weighted by Gasteiger charge is -2.21. The molecule has 146 valence electrons. The van der Waals surface area contributed by atoms with Gasteiger partial charge >= 0.3 is 0 Å². The molecular weight excluding hydrogens is 350 g/mol. The summed E-state index contributed by atoms with van der Waals surface area (Å²) in [6.07, 6.45) is 3.60. The molecule has 1 aromatic heterocycles. The number of ether oxygens (including phenoxy) is 1. The standard InChI is InChI=1S/C23H27N3O2/c1-23(2,3)18-10-6-17(7-11-18)22(27)25-20(21-24-14-15-26(21)4)16-8-12-19(28-5)13-9-16/h6-15,20H,1-5H3,(H,25,27)/t20-/m1/s1. The fourth-order valence-electron chi connectivity index (χ4n) is 3.08. The van der Waals surface area contributed by atoms with E-state index in [1.54, 1.807) is 13.3 Å². The second kappa shape index (κ2) is 7.89. The van der Waals surface area contributed by atoms with Gasteiger partial charge in [-0.15, -0.1) is 0 Å². The predicted octanol–water partition coefficient (Wildman–Crippen LogP) is 4.25. The maximum Gasteiger partial charge on any atom is 0.252 e. The van der Waals surface area contributed by atoms with E-state index in [-0.39, 0.29) is 17.4 Å². The lowest BCUT2D eigenvalue weighted by atomic mass is 9.86. The van der Waals surface area contributed by atoms with Crippen LogP contribution in [0.2, 0.25) is 0 Å². The molecule has 0 spiro atoms. The number of benzene rings is 2. The van der Waals surface area contributed by atoms with E-state index >= 15 is 0 Å². The van der Waals surface area contributed by atoms with Crippen molar-refractivity contribution in [3.63, 3.8) is 0 Å². The minimum atomic E-state index is -0.360. The number of hydrogen-bond donors (Lipinski definition) is 1. The smallest absolute Gasteiger partial charge is 0.252 e. The van der Waals surface area contributed by atoms with Crippen LogP contribution in [0.5, 0.6) is 5.75 Å². The summed E-state index contributed by atoms with van der Waals surface area (Å²) in [5.74, 6) is 1.40. The zero-order valence-corrected chi connectivity index (χ0v) is 17.1. The molecule has 0 radical (unpaired) electrons. The number of aromatic nitrogens is 2. The maximum absolute atomic E-state index is 12.9. The van der Waals surface area contributed by atoms with E-state index in [1.807, 2.05) is 66.3 Å². The van der Waals surface area contributed by atoms with Gasteiger partial charge in [0.15, 0.2) is 0 Å². The number of methoxy groups -OCH3 is 1. The number of amides is 1. The number of nitrogens with one attached hydrogen (secondary N) is 1. The van der Waals surface area contributed by atoms with Crippen molar-refractivity contribution in [1.29, 1.82) is 0 Å². The molecule has 5 nitrogen and oxygen atoms in total. The van der Waals surface area contributed by atoms with Crippen LogP contribution in [-0.4, -0.2) is 22.6 Å². The van der Waals surface area contributed by atoms with Gasteiger partial charge in [-0.25, -0.2) is 4.98 Å². The molecule has 0 aliphatic carbocycles. The van der Waals surface area contributed by atoms with Crippen molar-refractivity contribution in [1.82, 2.24) is 14.9 Å². The third-order valence-electron chi connectivity index (χ3n) is 4.85. The van der Waals surface area contributed by atoms with E-state index in [4.69, 9.17) is 4.74 Å². The van der Waals surface area contributed by atoms with Crippen LogP contribution >= 0.6 is 0 Å². The van der Waals surface area contributed by atoms with Gasteiger partial charge in [0.2, 0.25) is 0 Å². The summed E-state index contributed by atoms with van der Waals surface area (Å²) < 4.78 is 7.16. The van der Waals surface area contributed by atoms with Gasteiger partial charge in [-0.3, -0.25) is 4.79 Å². The summed E-state index contributed by atoms with van der Waals surface area (Å²) in [6.45, 7) is 6.47. The monoisotopic (exact) mass is 377 g/mol. The van der Waals surface area contributed by atoms with E-state index in [0.717, 1.165) is 17.1 Å². The first-order chi connectivity index (χ1) is 13.3. The van der Waals surface area contributed by atoms with Crippen LogP contribution in [-0.2, 0) is 12.5 Å². The second-order valence-corrected chi connectivity index (χ2v) is 7.90. The molecule has 28 heavy (non-hydrogen) atoms. The minimum absolute atomic E-state index is 0.0492. The Kier molecular flexibility index (Phi) is 5.54. The van der Waals surface area contributed by atoms with E-state index in [1.165, 1.54) is 5.56 Å². The number of rotatable bonds is 5. The molecule has 3 rings (SSSR count). The largest absolute Gasteiger partial charge is 0.497 e. The molecule has 0 aliphatic heterocycles. The van der Waals surface area contributed by atoms with Crippen molar-refractivity contribution < 1.29 is 9.53 Å². The number of aryl methyl sites for hydroxylation is 1. The Labute approximate surface area is 166 Å². The SMILES string of the molecule is COc1ccc([C@@H](NC(=O)c2ccc(C(C)(C)C)cc2)c2nccn2C)cc1. The van der Waals surface area contributed by atoms with Crippen LogP contribution in [0.25, 0.3) is 0 Å². The van der Waals surface area contributed by atoms with Crippen LogP contribution in [0, 0.1) is 0 Å². The van der Waals surface area contributed by atoms with Crippen LogP contribution in [0.4, 0.5) is 0 Å². The molecule has 2 aromatic carbocycles. The highest BCUT2D eigenvalue weighted by Gasteiger charge is 2.22. The van der Waals surface area contributed by atoms with E-state index in [2.05, 4.69) is 31.1 Å². The van der Waals surface area contributed by atoms with Gasteiger partial charge in [0.1, 0.15) is 17.6 Å². The average molecular weight is 377 g/mol. The number of carbonyl (C=O) groups is 1. The molecular formula is C23H27N3O2. The van der Waals surface area contributed by atoms with E-state index in [9.17, 15) is 4.79 Å².